The molecular weight excluding hydrogens is 395 g/mol. The number of nitrogens with zero attached hydrogens (tertiary/aromatic N) is 2. The van der Waals surface area contributed by atoms with E-state index in [1.807, 2.05) is 31.2 Å². The third-order valence-electron chi connectivity index (χ3n) is 4.56. The van der Waals surface area contributed by atoms with Crippen molar-refractivity contribution in [1.29, 1.82) is 0 Å². The second kappa shape index (κ2) is 9.00. The Morgan fingerprint density at radius 2 is 2.00 bits per heavy atom. The zero-order valence-electron chi connectivity index (χ0n) is 16.3. The molecule has 0 N–H and O–H groups in total. The molecule has 29 heavy (non-hydrogen) atoms. The van der Waals surface area contributed by atoms with Gasteiger partial charge >= 0.3 is 5.97 Å². The van der Waals surface area contributed by atoms with Gasteiger partial charge in [-0.1, -0.05) is 18.2 Å². The third-order valence-corrected chi connectivity index (χ3v) is 5.77. The number of rotatable bonds is 7. The van der Waals surface area contributed by atoms with E-state index in [0.29, 0.717) is 5.56 Å². The zero-order chi connectivity index (χ0) is 21.0. The highest BCUT2D eigenvalue weighted by atomic mass is 32.1. The molecule has 0 spiro atoms. The number of hydrogen-bond donors (Lipinski definition) is 0. The van der Waals surface area contributed by atoms with Gasteiger partial charge in [-0.25, -0.2) is 9.37 Å². The summed E-state index contributed by atoms with van der Waals surface area (Å²) in [4.78, 5) is 30.5. The summed E-state index contributed by atoms with van der Waals surface area (Å²) in [5, 5.41) is 0.807. The van der Waals surface area contributed by atoms with Crippen LogP contribution in [0.25, 0.3) is 10.2 Å². The summed E-state index contributed by atoms with van der Waals surface area (Å²) >= 11 is 1.52. The number of para-hydroxylation sites is 1. The molecular formula is C21H21FN2O4S. The monoisotopic (exact) mass is 416 g/mol. The molecule has 0 fully saturated rings. The molecule has 0 unspecified atom stereocenters. The van der Waals surface area contributed by atoms with Gasteiger partial charge in [-0.05, 0) is 36.8 Å². The second-order valence-corrected chi connectivity index (χ2v) is 7.57. The maximum atomic E-state index is 13.7. The van der Waals surface area contributed by atoms with Crippen LogP contribution in [0.3, 0.4) is 0 Å². The van der Waals surface area contributed by atoms with Gasteiger partial charge in [-0.2, -0.15) is 0 Å². The van der Waals surface area contributed by atoms with Gasteiger partial charge < -0.3 is 14.4 Å². The first-order valence-electron chi connectivity index (χ1n) is 8.98. The van der Waals surface area contributed by atoms with Crippen molar-refractivity contribution in [2.75, 3.05) is 20.8 Å². The zero-order valence-corrected chi connectivity index (χ0v) is 17.2. The Labute approximate surface area is 171 Å². The molecule has 3 aromatic rings. The summed E-state index contributed by atoms with van der Waals surface area (Å²) in [6.45, 7) is 1.49. The Hall–Kier alpha value is -3.00. The molecule has 6 nitrogen and oxygen atoms in total. The minimum absolute atomic E-state index is 0.0998. The first-order chi connectivity index (χ1) is 13.9. The van der Waals surface area contributed by atoms with Crippen LogP contribution in [0.2, 0.25) is 0 Å². The highest BCUT2D eigenvalue weighted by Gasteiger charge is 2.22. The van der Waals surface area contributed by atoms with Crippen LogP contribution in [-0.4, -0.2) is 42.5 Å². The number of carbonyl (C=O) groups excluding carboxylic acids is 2. The maximum Gasteiger partial charge on any atom is 0.310 e. The average molecular weight is 416 g/mol. The Bertz CT molecular complexity index is 1000. The lowest BCUT2D eigenvalue weighted by atomic mass is 10.1. The molecule has 0 aliphatic carbocycles. The lowest BCUT2D eigenvalue weighted by molar-refractivity contribution is -0.151. The summed E-state index contributed by atoms with van der Waals surface area (Å²) in [6, 6.07) is 11.7. The number of hydrogen-bond acceptors (Lipinski definition) is 6. The van der Waals surface area contributed by atoms with Gasteiger partial charge in [0.1, 0.15) is 5.01 Å². The number of ether oxygens (including phenoxy) is 2. The van der Waals surface area contributed by atoms with Gasteiger partial charge in [-0.15, -0.1) is 11.3 Å². The molecule has 1 aromatic heterocycles. The Balaban J connectivity index is 1.55. The van der Waals surface area contributed by atoms with Crippen molar-refractivity contribution in [2.45, 2.75) is 19.4 Å². The number of carbonyl (C=O) groups is 2. The molecule has 152 valence electrons. The van der Waals surface area contributed by atoms with E-state index in [1.54, 1.807) is 13.1 Å². The van der Waals surface area contributed by atoms with E-state index < -0.39 is 11.8 Å². The molecule has 2 aromatic carbocycles. The van der Waals surface area contributed by atoms with Crippen molar-refractivity contribution in [3.05, 3.63) is 58.9 Å². The molecule has 1 amide bonds. The fraction of sp³-hybridized carbons (Fsp3) is 0.286. The number of methoxy groups -OCH3 is 1. The minimum Gasteiger partial charge on any atom is -0.494 e. The van der Waals surface area contributed by atoms with Gasteiger partial charge in [0.2, 0.25) is 0 Å². The number of amides is 1. The molecule has 0 aliphatic heterocycles. The van der Waals surface area contributed by atoms with E-state index >= 15 is 0 Å². The molecule has 0 radical (unpaired) electrons. The van der Waals surface area contributed by atoms with Crippen LogP contribution in [0.1, 0.15) is 23.5 Å². The first kappa shape index (κ1) is 20.7. The maximum absolute atomic E-state index is 13.7. The quantitative estimate of drug-likeness (QED) is 0.549. The predicted molar refractivity (Wildman–Crippen MR) is 108 cm³/mol. The van der Waals surface area contributed by atoms with Gasteiger partial charge in [0.05, 0.1) is 29.8 Å². The summed E-state index contributed by atoms with van der Waals surface area (Å²) < 4.78 is 24.7. The molecule has 0 aliphatic rings. The van der Waals surface area contributed by atoms with Crippen LogP contribution >= 0.6 is 11.3 Å². The Morgan fingerprint density at radius 1 is 1.24 bits per heavy atom. The molecule has 3 rings (SSSR count). The van der Waals surface area contributed by atoms with Crippen LogP contribution < -0.4 is 4.74 Å². The number of benzene rings is 2. The summed E-state index contributed by atoms with van der Waals surface area (Å²) in [5.74, 6) is -1.41. The minimum atomic E-state index is -0.607. The highest BCUT2D eigenvalue weighted by molar-refractivity contribution is 7.18. The second-order valence-electron chi connectivity index (χ2n) is 6.51. The number of aromatic nitrogens is 1. The van der Waals surface area contributed by atoms with Crippen molar-refractivity contribution in [2.24, 2.45) is 0 Å². The average Bonchev–Trinajstić information content (AvgIpc) is 3.15. The molecule has 1 heterocycles. The first-order valence-corrected chi connectivity index (χ1v) is 9.80. The van der Waals surface area contributed by atoms with Crippen LogP contribution in [0.15, 0.2) is 42.5 Å². The van der Waals surface area contributed by atoms with Crippen LogP contribution in [0, 0.1) is 5.82 Å². The summed E-state index contributed by atoms with van der Waals surface area (Å²) in [5.41, 5.74) is 1.33. The highest BCUT2D eigenvalue weighted by Crippen LogP contribution is 2.28. The molecule has 0 bridgehead atoms. The van der Waals surface area contributed by atoms with Crippen molar-refractivity contribution < 1.29 is 23.5 Å². The largest absolute Gasteiger partial charge is 0.494 e. The normalized spacial score (nSPS) is 11.9. The summed E-state index contributed by atoms with van der Waals surface area (Å²) in [7, 11) is 3.01. The molecule has 1 atom stereocenters. The van der Waals surface area contributed by atoms with Gasteiger partial charge in [0.15, 0.2) is 18.2 Å². The van der Waals surface area contributed by atoms with Crippen LogP contribution in [0.5, 0.6) is 5.75 Å². The lowest BCUT2D eigenvalue weighted by Crippen LogP contribution is -2.33. The SMILES string of the molecule is COc1ccc(CC(=O)OCC(=O)N(C)[C@H](C)c2nc3ccccc3s2)cc1F. The van der Waals surface area contributed by atoms with Crippen molar-refractivity contribution in [3.63, 3.8) is 0 Å². The van der Waals surface area contributed by atoms with E-state index in [4.69, 9.17) is 9.47 Å². The number of fused-ring (bicyclic) bond motifs is 1. The fourth-order valence-electron chi connectivity index (χ4n) is 2.73. The molecule has 0 saturated carbocycles. The standard InChI is InChI=1S/C21H21FN2O4S/c1-13(21-23-16-6-4-5-7-18(16)29-21)24(2)19(25)12-28-20(26)11-14-8-9-17(27-3)15(22)10-14/h4-10,13H,11-12H2,1-3H3/t13-/m1/s1. The lowest BCUT2D eigenvalue weighted by Gasteiger charge is -2.23. The van der Waals surface area contributed by atoms with E-state index in [1.165, 1.54) is 35.5 Å². The predicted octanol–water partition coefficient (Wildman–Crippen LogP) is 3.75. The van der Waals surface area contributed by atoms with E-state index in [9.17, 15) is 14.0 Å². The summed E-state index contributed by atoms with van der Waals surface area (Å²) in [6.07, 6.45) is -0.134. The molecule has 8 heteroatoms. The molecule has 0 saturated heterocycles. The Kier molecular flexibility index (Phi) is 6.43. The third kappa shape index (κ3) is 4.89. The smallest absolute Gasteiger partial charge is 0.310 e. The van der Waals surface area contributed by atoms with Crippen molar-refractivity contribution in [1.82, 2.24) is 9.88 Å². The van der Waals surface area contributed by atoms with E-state index in [0.717, 1.165) is 15.2 Å². The number of thiazole rings is 1. The van der Waals surface area contributed by atoms with Gasteiger partial charge in [-0.3, -0.25) is 9.59 Å². The fourth-order valence-corrected chi connectivity index (χ4v) is 3.79. The van der Waals surface area contributed by atoms with E-state index in [2.05, 4.69) is 4.98 Å². The van der Waals surface area contributed by atoms with Gasteiger partial charge in [0.25, 0.3) is 5.91 Å². The van der Waals surface area contributed by atoms with Crippen molar-refractivity contribution in [3.8, 4) is 5.75 Å². The van der Waals surface area contributed by atoms with E-state index in [-0.39, 0.29) is 30.7 Å². The van der Waals surface area contributed by atoms with Crippen molar-refractivity contribution >= 4 is 33.4 Å². The number of likely N-dealkylation sites (N-methyl/N-ethyl adjacent to an activating group) is 1. The topological polar surface area (TPSA) is 68.7 Å². The van der Waals surface area contributed by atoms with Crippen LogP contribution in [-0.2, 0) is 20.7 Å². The Morgan fingerprint density at radius 3 is 2.69 bits per heavy atom. The number of esters is 1. The number of halogens is 1. The van der Waals surface area contributed by atoms with Gasteiger partial charge in [0, 0.05) is 7.05 Å². The van der Waals surface area contributed by atoms with Crippen LogP contribution in [0.4, 0.5) is 4.39 Å².